The van der Waals surface area contributed by atoms with Crippen molar-refractivity contribution in [2.75, 3.05) is 6.54 Å². The molecule has 0 bridgehead atoms. The Labute approximate surface area is 89.0 Å². The normalized spacial score (nSPS) is 21.5. The van der Waals surface area contributed by atoms with Gasteiger partial charge in [0.15, 0.2) is 0 Å². The summed E-state index contributed by atoms with van der Waals surface area (Å²) >= 11 is 0. The van der Waals surface area contributed by atoms with Crippen LogP contribution in [0.15, 0.2) is 12.7 Å². The molecular weight excluding hydrogens is 170 g/mol. The molecular formula is C13H25N. The molecule has 0 saturated heterocycles. The highest BCUT2D eigenvalue weighted by Gasteiger charge is 2.17. The third-order valence-corrected chi connectivity index (χ3v) is 3.42. The second-order valence-electron chi connectivity index (χ2n) is 4.57. The Hall–Kier alpha value is -0.300. The summed E-state index contributed by atoms with van der Waals surface area (Å²) in [6, 6.07) is 0.702. The predicted molar refractivity (Wildman–Crippen MR) is 63.5 cm³/mol. The Balaban J connectivity index is 2.19. The highest BCUT2D eigenvalue weighted by molar-refractivity contribution is 4.76. The molecule has 0 unspecified atom stereocenters. The zero-order chi connectivity index (χ0) is 10.2. The van der Waals surface area contributed by atoms with E-state index in [0.29, 0.717) is 6.04 Å². The highest BCUT2D eigenvalue weighted by atomic mass is 14.9. The lowest BCUT2D eigenvalue weighted by molar-refractivity contribution is 0.340. The van der Waals surface area contributed by atoms with Crippen LogP contribution in [0.5, 0.6) is 0 Å². The van der Waals surface area contributed by atoms with Gasteiger partial charge in [-0.2, -0.15) is 0 Å². The third-order valence-electron chi connectivity index (χ3n) is 3.42. The van der Waals surface area contributed by atoms with Gasteiger partial charge < -0.3 is 5.32 Å². The minimum atomic E-state index is 0.702. The molecule has 1 rings (SSSR count). The summed E-state index contributed by atoms with van der Waals surface area (Å²) in [6.07, 6.45) is 11.7. The van der Waals surface area contributed by atoms with Gasteiger partial charge in [-0.25, -0.2) is 0 Å². The SMILES string of the molecule is C=CCCN[C@@H](C)C1CCCCCC1. The summed E-state index contributed by atoms with van der Waals surface area (Å²) in [7, 11) is 0. The third kappa shape index (κ3) is 4.28. The van der Waals surface area contributed by atoms with Crippen LogP contribution >= 0.6 is 0 Å². The second-order valence-corrected chi connectivity index (χ2v) is 4.57. The van der Waals surface area contributed by atoms with Crippen LogP contribution in [0.2, 0.25) is 0 Å². The van der Waals surface area contributed by atoms with Crippen LogP contribution < -0.4 is 5.32 Å². The second kappa shape index (κ2) is 7.05. The predicted octanol–water partition coefficient (Wildman–Crippen LogP) is 3.51. The van der Waals surface area contributed by atoms with Crippen LogP contribution in [0.4, 0.5) is 0 Å². The number of hydrogen-bond acceptors (Lipinski definition) is 1. The fourth-order valence-electron chi connectivity index (χ4n) is 2.39. The van der Waals surface area contributed by atoms with Gasteiger partial charge in [0.05, 0.1) is 0 Å². The van der Waals surface area contributed by atoms with E-state index in [1.807, 2.05) is 6.08 Å². The molecule has 0 aromatic heterocycles. The molecule has 0 aromatic rings. The Morgan fingerprint density at radius 2 is 1.93 bits per heavy atom. The Kier molecular flexibility index (Phi) is 5.93. The molecule has 1 fully saturated rings. The standard InChI is InChI=1S/C13H25N/c1-3-4-11-14-12(2)13-9-7-5-6-8-10-13/h3,12-14H,1,4-11H2,2H3/t12-/m0/s1. The lowest BCUT2D eigenvalue weighted by atomic mass is 9.93. The number of hydrogen-bond donors (Lipinski definition) is 1. The van der Waals surface area contributed by atoms with E-state index >= 15 is 0 Å². The van der Waals surface area contributed by atoms with Gasteiger partial charge >= 0.3 is 0 Å². The first kappa shape index (κ1) is 11.8. The van der Waals surface area contributed by atoms with Crippen molar-refractivity contribution < 1.29 is 0 Å². The quantitative estimate of drug-likeness (QED) is 0.402. The van der Waals surface area contributed by atoms with Gasteiger partial charge in [-0.05, 0) is 38.6 Å². The van der Waals surface area contributed by atoms with E-state index in [2.05, 4.69) is 18.8 Å². The molecule has 0 aliphatic heterocycles. The molecule has 0 radical (unpaired) electrons. The number of nitrogens with one attached hydrogen (secondary N) is 1. The van der Waals surface area contributed by atoms with Crippen molar-refractivity contribution >= 4 is 0 Å². The summed E-state index contributed by atoms with van der Waals surface area (Å²) < 4.78 is 0. The molecule has 0 aromatic carbocycles. The molecule has 1 aliphatic rings. The molecule has 0 heterocycles. The van der Waals surface area contributed by atoms with Gasteiger partial charge in [-0.3, -0.25) is 0 Å². The molecule has 1 atom stereocenters. The topological polar surface area (TPSA) is 12.0 Å². The molecule has 0 spiro atoms. The minimum absolute atomic E-state index is 0.702. The summed E-state index contributed by atoms with van der Waals surface area (Å²) in [5, 5.41) is 3.61. The summed E-state index contributed by atoms with van der Waals surface area (Å²) in [4.78, 5) is 0. The van der Waals surface area contributed by atoms with Crippen molar-refractivity contribution in [3.63, 3.8) is 0 Å². The molecule has 1 N–H and O–H groups in total. The number of rotatable bonds is 5. The van der Waals surface area contributed by atoms with Gasteiger partial charge in [0.1, 0.15) is 0 Å². The minimum Gasteiger partial charge on any atom is -0.314 e. The lowest BCUT2D eigenvalue weighted by Crippen LogP contribution is -2.33. The van der Waals surface area contributed by atoms with Crippen LogP contribution in [-0.2, 0) is 0 Å². The summed E-state index contributed by atoms with van der Waals surface area (Å²) in [5.74, 6) is 0.919. The van der Waals surface area contributed by atoms with Gasteiger partial charge in [0.2, 0.25) is 0 Å². The molecule has 0 amide bonds. The van der Waals surface area contributed by atoms with Gasteiger partial charge in [-0.15, -0.1) is 6.58 Å². The average Bonchev–Trinajstić information content (AvgIpc) is 2.46. The van der Waals surface area contributed by atoms with E-state index in [9.17, 15) is 0 Å². The van der Waals surface area contributed by atoms with Crippen molar-refractivity contribution in [2.45, 2.75) is 57.9 Å². The molecule has 82 valence electrons. The van der Waals surface area contributed by atoms with Crippen molar-refractivity contribution in [2.24, 2.45) is 5.92 Å². The lowest BCUT2D eigenvalue weighted by Gasteiger charge is -2.23. The monoisotopic (exact) mass is 195 g/mol. The van der Waals surface area contributed by atoms with E-state index in [0.717, 1.165) is 18.9 Å². The first-order chi connectivity index (χ1) is 6.84. The van der Waals surface area contributed by atoms with Crippen molar-refractivity contribution in [3.05, 3.63) is 12.7 Å². The van der Waals surface area contributed by atoms with Gasteiger partial charge in [-0.1, -0.05) is 31.8 Å². The van der Waals surface area contributed by atoms with E-state index in [4.69, 9.17) is 0 Å². The first-order valence-electron chi connectivity index (χ1n) is 6.19. The molecule has 1 heteroatoms. The maximum Gasteiger partial charge on any atom is 0.00671 e. The maximum absolute atomic E-state index is 3.75. The van der Waals surface area contributed by atoms with Crippen molar-refractivity contribution in [1.82, 2.24) is 5.32 Å². The molecule has 14 heavy (non-hydrogen) atoms. The van der Waals surface area contributed by atoms with Crippen LogP contribution in [0.3, 0.4) is 0 Å². The van der Waals surface area contributed by atoms with E-state index in [-0.39, 0.29) is 0 Å². The van der Waals surface area contributed by atoms with Crippen LogP contribution in [0.25, 0.3) is 0 Å². The van der Waals surface area contributed by atoms with Crippen LogP contribution in [0.1, 0.15) is 51.9 Å². The molecule has 1 saturated carbocycles. The van der Waals surface area contributed by atoms with Crippen LogP contribution in [-0.4, -0.2) is 12.6 Å². The Bertz CT molecular complexity index is 145. The maximum atomic E-state index is 3.75. The fourth-order valence-corrected chi connectivity index (χ4v) is 2.39. The zero-order valence-electron chi connectivity index (χ0n) is 9.60. The smallest absolute Gasteiger partial charge is 0.00671 e. The fraction of sp³-hybridized carbons (Fsp3) is 0.846. The van der Waals surface area contributed by atoms with E-state index < -0.39 is 0 Å². The van der Waals surface area contributed by atoms with E-state index in [1.165, 1.54) is 38.5 Å². The first-order valence-corrected chi connectivity index (χ1v) is 6.19. The Morgan fingerprint density at radius 3 is 2.50 bits per heavy atom. The average molecular weight is 195 g/mol. The van der Waals surface area contributed by atoms with Gasteiger partial charge in [0.25, 0.3) is 0 Å². The summed E-state index contributed by atoms with van der Waals surface area (Å²) in [5.41, 5.74) is 0. The Morgan fingerprint density at radius 1 is 1.29 bits per heavy atom. The molecule has 1 aliphatic carbocycles. The largest absolute Gasteiger partial charge is 0.314 e. The van der Waals surface area contributed by atoms with Crippen LogP contribution in [0, 0.1) is 5.92 Å². The highest BCUT2D eigenvalue weighted by Crippen LogP contribution is 2.25. The molecule has 1 nitrogen and oxygen atoms in total. The zero-order valence-corrected chi connectivity index (χ0v) is 9.60. The van der Waals surface area contributed by atoms with Crippen molar-refractivity contribution in [3.8, 4) is 0 Å². The summed E-state index contributed by atoms with van der Waals surface area (Å²) in [6.45, 7) is 7.19. The van der Waals surface area contributed by atoms with Crippen molar-refractivity contribution in [1.29, 1.82) is 0 Å². The van der Waals surface area contributed by atoms with E-state index in [1.54, 1.807) is 0 Å². The van der Waals surface area contributed by atoms with Gasteiger partial charge in [0, 0.05) is 6.04 Å².